The number of halogens is 2. The average Bonchev–Trinajstić information content (AvgIpc) is 2.75. The molecule has 0 aromatic heterocycles. The summed E-state index contributed by atoms with van der Waals surface area (Å²) in [5.74, 6) is -0.108. The van der Waals surface area contributed by atoms with E-state index in [1.54, 1.807) is 18.2 Å². The molecule has 0 unspecified atom stereocenters. The topological polar surface area (TPSA) is 84.5 Å². The molecule has 3 aromatic carbocycles. The lowest BCUT2D eigenvalue weighted by Crippen LogP contribution is -2.23. The average molecular weight is 465 g/mol. The van der Waals surface area contributed by atoms with Crippen LogP contribution in [-0.2, 0) is 21.4 Å². The van der Waals surface area contributed by atoms with E-state index < -0.39 is 15.9 Å². The fourth-order valence-electron chi connectivity index (χ4n) is 2.51. The van der Waals surface area contributed by atoms with E-state index in [9.17, 15) is 13.2 Å². The predicted octanol–water partition coefficient (Wildman–Crippen LogP) is 4.49. The summed E-state index contributed by atoms with van der Waals surface area (Å²) in [7, 11) is -3.67. The first-order valence-electron chi connectivity index (χ1n) is 8.85. The van der Waals surface area contributed by atoms with Crippen LogP contribution in [0.4, 0.5) is 5.69 Å². The number of carbonyl (C=O) groups excluding carboxylic acids is 1. The Morgan fingerprint density at radius 3 is 2.13 bits per heavy atom. The SMILES string of the molecule is O=C(COc1ccc(S(=O)(=O)NCc2ccccc2)cc1)Nc1c(Cl)cccc1Cl. The fourth-order valence-corrected chi connectivity index (χ4v) is 4.02. The van der Waals surface area contributed by atoms with Gasteiger partial charge in [-0.2, -0.15) is 0 Å². The molecule has 0 atom stereocenters. The van der Waals surface area contributed by atoms with Crippen LogP contribution in [0.3, 0.4) is 0 Å². The van der Waals surface area contributed by atoms with Gasteiger partial charge in [0.1, 0.15) is 5.75 Å². The van der Waals surface area contributed by atoms with Gasteiger partial charge in [0.25, 0.3) is 5.91 Å². The highest BCUT2D eigenvalue weighted by molar-refractivity contribution is 7.89. The fraction of sp³-hybridized carbons (Fsp3) is 0.0952. The van der Waals surface area contributed by atoms with Crippen LogP contribution in [0.5, 0.6) is 5.75 Å². The molecule has 30 heavy (non-hydrogen) atoms. The van der Waals surface area contributed by atoms with E-state index in [1.807, 2.05) is 30.3 Å². The minimum Gasteiger partial charge on any atom is -0.484 e. The summed E-state index contributed by atoms with van der Waals surface area (Å²) >= 11 is 12.0. The Labute approximate surface area is 184 Å². The number of rotatable bonds is 8. The number of benzene rings is 3. The van der Waals surface area contributed by atoms with E-state index in [-0.39, 0.29) is 18.0 Å². The third-order valence-electron chi connectivity index (χ3n) is 4.04. The Morgan fingerprint density at radius 2 is 1.50 bits per heavy atom. The lowest BCUT2D eigenvalue weighted by molar-refractivity contribution is -0.118. The monoisotopic (exact) mass is 464 g/mol. The van der Waals surface area contributed by atoms with Gasteiger partial charge < -0.3 is 10.1 Å². The number of hydrogen-bond donors (Lipinski definition) is 2. The number of sulfonamides is 1. The zero-order chi connectivity index (χ0) is 21.6. The van der Waals surface area contributed by atoms with Crippen LogP contribution in [-0.4, -0.2) is 20.9 Å². The second-order valence-electron chi connectivity index (χ2n) is 6.22. The van der Waals surface area contributed by atoms with E-state index in [0.29, 0.717) is 21.5 Å². The third kappa shape index (κ3) is 5.96. The van der Waals surface area contributed by atoms with E-state index in [1.165, 1.54) is 24.3 Å². The molecule has 6 nitrogen and oxygen atoms in total. The van der Waals surface area contributed by atoms with E-state index in [0.717, 1.165) is 5.56 Å². The second-order valence-corrected chi connectivity index (χ2v) is 8.80. The highest BCUT2D eigenvalue weighted by Crippen LogP contribution is 2.29. The van der Waals surface area contributed by atoms with Crippen LogP contribution >= 0.6 is 23.2 Å². The molecular weight excluding hydrogens is 447 g/mol. The minimum atomic E-state index is -3.67. The summed E-state index contributed by atoms with van der Waals surface area (Å²) in [6.07, 6.45) is 0. The third-order valence-corrected chi connectivity index (χ3v) is 6.09. The molecule has 0 aliphatic heterocycles. The number of hydrogen-bond acceptors (Lipinski definition) is 4. The van der Waals surface area contributed by atoms with Gasteiger partial charge in [0.05, 0.1) is 20.6 Å². The zero-order valence-corrected chi connectivity index (χ0v) is 18.0. The van der Waals surface area contributed by atoms with Gasteiger partial charge in [-0.05, 0) is 42.0 Å². The minimum absolute atomic E-state index is 0.0954. The van der Waals surface area contributed by atoms with Gasteiger partial charge in [-0.15, -0.1) is 0 Å². The van der Waals surface area contributed by atoms with E-state index in [4.69, 9.17) is 27.9 Å². The summed E-state index contributed by atoms with van der Waals surface area (Å²) in [6, 6.07) is 19.9. The number of anilines is 1. The van der Waals surface area contributed by atoms with Crippen LogP contribution < -0.4 is 14.8 Å². The molecule has 0 aliphatic rings. The van der Waals surface area contributed by atoms with Crippen molar-refractivity contribution in [2.45, 2.75) is 11.4 Å². The number of para-hydroxylation sites is 1. The standard InChI is InChI=1S/C21H18Cl2N2O4S/c22-18-7-4-8-19(23)21(18)25-20(26)14-29-16-9-11-17(12-10-16)30(27,28)24-13-15-5-2-1-3-6-15/h1-12,24H,13-14H2,(H,25,26). The van der Waals surface area contributed by atoms with Crippen molar-refractivity contribution in [3.05, 3.63) is 88.4 Å². The van der Waals surface area contributed by atoms with Gasteiger partial charge in [-0.25, -0.2) is 13.1 Å². The van der Waals surface area contributed by atoms with Crippen molar-refractivity contribution < 1.29 is 17.9 Å². The van der Waals surface area contributed by atoms with Crippen molar-refractivity contribution in [2.24, 2.45) is 0 Å². The van der Waals surface area contributed by atoms with Gasteiger partial charge in [-0.1, -0.05) is 59.6 Å². The summed E-state index contributed by atoms with van der Waals surface area (Å²) in [6.45, 7) is -0.105. The summed E-state index contributed by atoms with van der Waals surface area (Å²) in [4.78, 5) is 12.2. The Morgan fingerprint density at radius 1 is 0.867 bits per heavy atom. The van der Waals surface area contributed by atoms with Gasteiger partial charge in [0, 0.05) is 6.54 Å². The van der Waals surface area contributed by atoms with Gasteiger partial charge >= 0.3 is 0 Å². The Balaban J connectivity index is 1.55. The molecule has 0 heterocycles. The Bertz CT molecular complexity index is 1100. The van der Waals surface area contributed by atoms with Crippen molar-refractivity contribution in [1.29, 1.82) is 0 Å². The first kappa shape index (κ1) is 22.1. The molecule has 0 saturated heterocycles. The second kappa shape index (κ2) is 9.95. The molecule has 0 fully saturated rings. The summed E-state index contributed by atoms with van der Waals surface area (Å²) < 4.78 is 32.8. The molecule has 1 amide bonds. The highest BCUT2D eigenvalue weighted by Gasteiger charge is 2.14. The molecule has 0 bridgehead atoms. The maximum absolute atomic E-state index is 12.4. The predicted molar refractivity (Wildman–Crippen MR) is 117 cm³/mol. The number of ether oxygens (including phenoxy) is 1. The Hall–Kier alpha value is -2.58. The van der Waals surface area contributed by atoms with Crippen LogP contribution in [0.2, 0.25) is 10.0 Å². The summed E-state index contributed by atoms with van der Waals surface area (Å²) in [5, 5.41) is 3.21. The largest absolute Gasteiger partial charge is 0.484 e. The van der Waals surface area contributed by atoms with Gasteiger partial charge in [-0.3, -0.25) is 4.79 Å². The first-order chi connectivity index (χ1) is 14.3. The van der Waals surface area contributed by atoms with Gasteiger partial charge in [0.15, 0.2) is 6.61 Å². The van der Waals surface area contributed by atoms with Crippen LogP contribution in [0, 0.1) is 0 Å². The Kier molecular flexibility index (Phi) is 7.33. The molecule has 0 saturated carbocycles. The highest BCUT2D eigenvalue weighted by atomic mass is 35.5. The van der Waals surface area contributed by atoms with Crippen molar-refractivity contribution in [3.63, 3.8) is 0 Å². The van der Waals surface area contributed by atoms with Crippen molar-refractivity contribution in [2.75, 3.05) is 11.9 Å². The van der Waals surface area contributed by atoms with Gasteiger partial charge in [0.2, 0.25) is 10.0 Å². The van der Waals surface area contributed by atoms with Crippen LogP contribution in [0.1, 0.15) is 5.56 Å². The molecule has 0 radical (unpaired) electrons. The van der Waals surface area contributed by atoms with E-state index >= 15 is 0 Å². The van der Waals surface area contributed by atoms with Crippen molar-refractivity contribution in [3.8, 4) is 5.75 Å². The smallest absolute Gasteiger partial charge is 0.262 e. The van der Waals surface area contributed by atoms with Crippen molar-refractivity contribution in [1.82, 2.24) is 4.72 Å². The maximum atomic E-state index is 12.4. The van der Waals surface area contributed by atoms with Crippen LogP contribution in [0.25, 0.3) is 0 Å². The number of amides is 1. The zero-order valence-electron chi connectivity index (χ0n) is 15.6. The molecule has 156 valence electrons. The first-order valence-corrected chi connectivity index (χ1v) is 11.1. The van der Waals surface area contributed by atoms with Crippen molar-refractivity contribution >= 4 is 44.8 Å². The molecule has 3 rings (SSSR count). The lowest BCUT2D eigenvalue weighted by atomic mass is 10.2. The maximum Gasteiger partial charge on any atom is 0.262 e. The molecular formula is C21H18Cl2N2O4S. The molecule has 0 aliphatic carbocycles. The number of carbonyl (C=O) groups is 1. The molecule has 3 aromatic rings. The molecule has 9 heteroatoms. The lowest BCUT2D eigenvalue weighted by Gasteiger charge is -2.11. The molecule has 0 spiro atoms. The van der Waals surface area contributed by atoms with Crippen LogP contribution in [0.15, 0.2) is 77.7 Å². The van der Waals surface area contributed by atoms with E-state index in [2.05, 4.69) is 10.0 Å². The normalized spacial score (nSPS) is 11.1. The molecule has 2 N–H and O–H groups in total. The quantitative estimate of drug-likeness (QED) is 0.514. The summed E-state index contributed by atoms with van der Waals surface area (Å²) in [5.41, 5.74) is 1.16. The number of nitrogens with one attached hydrogen (secondary N) is 2.